The van der Waals surface area contributed by atoms with E-state index in [4.69, 9.17) is 9.47 Å². The molecule has 0 spiro atoms. The van der Waals surface area contributed by atoms with Gasteiger partial charge in [0.15, 0.2) is 0 Å². The molecule has 46 heavy (non-hydrogen) atoms. The third-order valence-corrected chi connectivity index (χ3v) is 10.2. The summed E-state index contributed by atoms with van der Waals surface area (Å²) in [7, 11) is 0. The number of fused-ring (bicyclic) bond motifs is 7. The average molecular weight is 604 g/mol. The van der Waals surface area contributed by atoms with Crippen molar-refractivity contribution in [2.45, 2.75) is 79.1 Å². The topological polar surface area (TPSA) is 23.4 Å². The number of ether oxygens (including phenoxy) is 2. The van der Waals surface area contributed by atoms with Gasteiger partial charge in [0.05, 0.1) is 16.7 Å². The van der Waals surface area contributed by atoms with Gasteiger partial charge in [0, 0.05) is 28.4 Å². The lowest BCUT2D eigenvalue weighted by Crippen LogP contribution is -2.57. The molecule has 2 aliphatic heterocycles. The van der Waals surface area contributed by atoms with Crippen molar-refractivity contribution < 1.29 is 9.47 Å². The maximum atomic E-state index is 6.82. The van der Waals surface area contributed by atoms with Gasteiger partial charge in [0.25, 0.3) is 6.71 Å². The minimum Gasteiger partial charge on any atom is -0.458 e. The van der Waals surface area contributed by atoms with Crippen molar-refractivity contribution in [3.63, 3.8) is 0 Å². The van der Waals surface area contributed by atoms with E-state index >= 15 is 0 Å². The molecule has 0 fully saturated rings. The lowest BCUT2D eigenvalue weighted by atomic mass is 9.34. The lowest BCUT2D eigenvalue weighted by Gasteiger charge is -2.34. The van der Waals surface area contributed by atoms with Crippen molar-refractivity contribution in [2.75, 3.05) is 0 Å². The molecule has 3 heterocycles. The van der Waals surface area contributed by atoms with Gasteiger partial charge in [-0.2, -0.15) is 0 Å². The molecule has 0 radical (unpaired) electrons. The minimum absolute atomic E-state index is 0.0456. The molecular formula is C42H42BNO2. The lowest BCUT2D eigenvalue weighted by molar-refractivity contribution is 0.464. The Labute approximate surface area is 273 Å². The van der Waals surface area contributed by atoms with Crippen molar-refractivity contribution in [3.8, 4) is 28.7 Å². The molecule has 0 amide bonds. The van der Waals surface area contributed by atoms with Crippen molar-refractivity contribution in [3.05, 3.63) is 107 Å². The Morgan fingerprint density at radius 1 is 0.457 bits per heavy atom. The highest BCUT2D eigenvalue weighted by Crippen LogP contribution is 2.41. The number of nitrogens with zero attached hydrogens (tertiary/aromatic N) is 1. The molecule has 0 atom stereocenters. The first-order valence-corrected chi connectivity index (χ1v) is 17.0. The zero-order valence-corrected chi connectivity index (χ0v) is 28.2. The standard InChI is InChI=1S/C42H42BNO2/c1-23(2)27-9-13-36-32(17-27)33-18-28(24(3)4)10-14-37(33)44(36)31-21-40-42-41(22-31)46-39-16-12-30(26(7)8)20-35(39)43(42)34-19-29(25(5)6)11-15-38(34)45-40/h9-26H,1-8H3. The van der Waals surface area contributed by atoms with E-state index in [9.17, 15) is 0 Å². The minimum atomic E-state index is 0.0456. The van der Waals surface area contributed by atoms with Crippen LogP contribution in [0.1, 0.15) is 101 Å². The summed E-state index contributed by atoms with van der Waals surface area (Å²) in [5, 5.41) is 2.57. The van der Waals surface area contributed by atoms with Crippen LogP contribution in [0, 0.1) is 0 Å². The van der Waals surface area contributed by atoms with E-state index < -0.39 is 0 Å². The largest absolute Gasteiger partial charge is 0.458 e. The maximum absolute atomic E-state index is 6.82. The summed E-state index contributed by atoms with van der Waals surface area (Å²) in [6.07, 6.45) is 0. The molecule has 0 N–H and O–H groups in total. The smallest absolute Gasteiger partial charge is 0.260 e. The van der Waals surface area contributed by atoms with Gasteiger partial charge in [0.1, 0.15) is 23.0 Å². The van der Waals surface area contributed by atoms with Crippen LogP contribution in [0.3, 0.4) is 0 Å². The normalized spacial score (nSPS) is 13.4. The molecule has 8 rings (SSSR count). The molecule has 3 nitrogen and oxygen atoms in total. The monoisotopic (exact) mass is 603 g/mol. The van der Waals surface area contributed by atoms with Crippen LogP contribution in [0.2, 0.25) is 0 Å². The molecule has 0 bridgehead atoms. The van der Waals surface area contributed by atoms with E-state index in [0.717, 1.165) is 34.1 Å². The number of aromatic nitrogens is 1. The first-order valence-electron chi connectivity index (χ1n) is 17.0. The summed E-state index contributed by atoms with van der Waals surface area (Å²) >= 11 is 0. The fourth-order valence-corrected chi connectivity index (χ4v) is 7.43. The van der Waals surface area contributed by atoms with E-state index in [1.54, 1.807) is 0 Å². The zero-order valence-electron chi connectivity index (χ0n) is 28.2. The van der Waals surface area contributed by atoms with Crippen molar-refractivity contribution in [1.29, 1.82) is 0 Å². The molecule has 6 aromatic rings. The van der Waals surface area contributed by atoms with Crippen LogP contribution in [0.15, 0.2) is 84.9 Å². The quantitative estimate of drug-likeness (QED) is 0.183. The van der Waals surface area contributed by atoms with Gasteiger partial charge in [-0.05, 0) is 93.2 Å². The summed E-state index contributed by atoms with van der Waals surface area (Å²) < 4.78 is 16.0. The Bertz CT molecular complexity index is 2040. The van der Waals surface area contributed by atoms with Gasteiger partial charge in [-0.1, -0.05) is 91.8 Å². The zero-order chi connectivity index (χ0) is 32.0. The second-order valence-corrected chi connectivity index (χ2v) is 14.6. The molecule has 2 aliphatic rings. The number of rotatable bonds is 5. The fraction of sp³-hybridized carbons (Fsp3) is 0.286. The second kappa shape index (κ2) is 10.6. The molecule has 0 unspecified atom stereocenters. The van der Waals surface area contributed by atoms with E-state index in [0.29, 0.717) is 23.7 Å². The molecule has 0 aliphatic carbocycles. The first kappa shape index (κ1) is 29.0. The predicted molar refractivity (Wildman–Crippen MR) is 195 cm³/mol. The molecule has 0 saturated carbocycles. The second-order valence-electron chi connectivity index (χ2n) is 14.6. The van der Waals surface area contributed by atoms with Gasteiger partial charge in [-0.15, -0.1) is 0 Å². The Morgan fingerprint density at radius 3 is 1.26 bits per heavy atom. The van der Waals surface area contributed by atoms with Crippen molar-refractivity contribution in [1.82, 2.24) is 4.57 Å². The first-order chi connectivity index (χ1) is 22.1. The summed E-state index contributed by atoms with van der Waals surface area (Å²) in [4.78, 5) is 0. The molecule has 230 valence electrons. The summed E-state index contributed by atoms with van der Waals surface area (Å²) in [5.41, 5.74) is 12.3. The third-order valence-electron chi connectivity index (χ3n) is 10.2. The van der Waals surface area contributed by atoms with E-state index in [1.807, 2.05) is 0 Å². The van der Waals surface area contributed by atoms with Crippen LogP contribution in [0.4, 0.5) is 0 Å². The van der Waals surface area contributed by atoms with Gasteiger partial charge < -0.3 is 14.0 Å². The van der Waals surface area contributed by atoms with E-state index in [2.05, 4.69) is 145 Å². The van der Waals surface area contributed by atoms with Crippen LogP contribution in [-0.4, -0.2) is 11.3 Å². The Balaban J connectivity index is 1.39. The Kier molecular flexibility index (Phi) is 6.65. The molecule has 0 saturated heterocycles. The molecule has 4 heteroatoms. The summed E-state index contributed by atoms with van der Waals surface area (Å²) in [6, 6.07) is 31.9. The number of hydrogen-bond acceptors (Lipinski definition) is 2. The van der Waals surface area contributed by atoms with Crippen LogP contribution in [0.5, 0.6) is 23.0 Å². The van der Waals surface area contributed by atoms with Gasteiger partial charge in [-0.25, -0.2) is 0 Å². The summed E-state index contributed by atoms with van der Waals surface area (Å²) in [5.74, 6) is 5.36. The highest BCUT2D eigenvalue weighted by molar-refractivity contribution is 6.98. The number of benzene rings is 5. The van der Waals surface area contributed by atoms with Crippen LogP contribution in [0.25, 0.3) is 27.5 Å². The van der Waals surface area contributed by atoms with Gasteiger partial charge in [-0.3, -0.25) is 0 Å². The highest BCUT2D eigenvalue weighted by Gasteiger charge is 2.41. The molecule has 5 aromatic carbocycles. The van der Waals surface area contributed by atoms with Crippen LogP contribution >= 0.6 is 0 Å². The summed E-state index contributed by atoms with van der Waals surface area (Å²) in [6.45, 7) is 18.1. The van der Waals surface area contributed by atoms with Gasteiger partial charge >= 0.3 is 0 Å². The Hall–Kier alpha value is -4.44. The van der Waals surface area contributed by atoms with Crippen LogP contribution < -0.4 is 25.9 Å². The fourth-order valence-electron chi connectivity index (χ4n) is 7.43. The van der Waals surface area contributed by atoms with Crippen molar-refractivity contribution >= 4 is 44.9 Å². The average Bonchev–Trinajstić information content (AvgIpc) is 3.36. The van der Waals surface area contributed by atoms with Crippen molar-refractivity contribution in [2.24, 2.45) is 0 Å². The van der Waals surface area contributed by atoms with Crippen LogP contribution in [-0.2, 0) is 0 Å². The molecular weight excluding hydrogens is 561 g/mol. The number of hydrogen-bond donors (Lipinski definition) is 0. The highest BCUT2D eigenvalue weighted by atomic mass is 16.5. The van der Waals surface area contributed by atoms with E-state index in [-0.39, 0.29) is 6.71 Å². The third kappa shape index (κ3) is 4.41. The molecule has 1 aromatic heterocycles. The van der Waals surface area contributed by atoms with Gasteiger partial charge in [0.2, 0.25) is 0 Å². The Morgan fingerprint density at radius 2 is 0.848 bits per heavy atom. The predicted octanol–water partition coefficient (Wildman–Crippen LogP) is 10.0. The maximum Gasteiger partial charge on any atom is 0.260 e. The SMILES string of the molecule is CC(C)c1ccc2c(c1)B1c3cc(C(C)C)ccc3Oc3cc(-n4c5ccc(C(C)C)cc5c5cc(C(C)C)ccc54)cc(c31)O2. The van der Waals surface area contributed by atoms with E-state index in [1.165, 1.54) is 55.0 Å².